The molecule has 1 saturated heterocycles. The van der Waals surface area contributed by atoms with E-state index in [0.29, 0.717) is 12.1 Å². The zero-order chi connectivity index (χ0) is 13.0. The van der Waals surface area contributed by atoms with Gasteiger partial charge in [-0.05, 0) is 31.6 Å². The highest BCUT2D eigenvalue weighted by Crippen LogP contribution is 2.28. The third kappa shape index (κ3) is 3.05. The monoisotopic (exact) mass is 252 g/mol. The summed E-state index contributed by atoms with van der Waals surface area (Å²) in [5.41, 5.74) is 0. The largest absolute Gasteiger partial charge is 0.326 e. The van der Waals surface area contributed by atoms with Gasteiger partial charge in [-0.25, -0.2) is 0 Å². The van der Waals surface area contributed by atoms with E-state index in [1.165, 1.54) is 25.7 Å². The van der Waals surface area contributed by atoms with Crippen molar-refractivity contribution in [1.82, 2.24) is 10.2 Å². The third-order valence-electron chi connectivity index (χ3n) is 4.42. The summed E-state index contributed by atoms with van der Waals surface area (Å²) in [4.78, 5) is 14.6. The molecule has 1 N–H and O–H groups in total. The summed E-state index contributed by atoms with van der Waals surface area (Å²) in [6.45, 7) is 5.35. The fourth-order valence-electron chi connectivity index (χ4n) is 3.44. The number of amides is 1. The Bertz CT molecular complexity index is 274. The van der Waals surface area contributed by atoms with Gasteiger partial charge in [0.15, 0.2) is 0 Å². The Balaban J connectivity index is 1.96. The van der Waals surface area contributed by atoms with Crippen molar-refractivity contribution in [3.63, 3.8) is 0 Å². The molecule has 0 aromatic heterocycles. The summed E-state index contributed by atoms with van der Waals surface area (Å²) in [7, 11) is 0. The number of carbonyl (C=O) groups excluding carboxylic acids is 1. The summed E-state index contributed by atoms with van der Waals surface area (Å²) < 4.78 is 0. The van der Waals surface area contributed by atoms with Crippen LogP contribution in [0.5, 0.6) is 0 Å². The standard InChI is InChI=1S/C15H28N2O/c1-3-7-13-15(18)17(14(16-13)8-4-2)11-12-9-5-6-10-12/h12-14,16H,3-11H2,1-2H3. The topological polar surface area (TPSA) is 32.3 Å². The quantitative estimate of drug-likeness (QED) is 0.788. The maximum atomic E-state index is 12.4. The Morgan fingerprint density at radius 3 is 2.44 bits per heavy atom. The van der Waals surface area contributed by atoms with E-state index in [0.717, 1.165) is 38.1 Å². The smallest absolute Gasteiger partial charge is 0.241 e. The van der Waals surface area contributed by atoms with E-state index in [2.05, 4.69) is 24.1 Å². The van der Waals surface area contributed by atoms with Crippen LogP contribution < -0.4 is 5.32 Å². The number of carbonyl (C=O) groups is 1. The highest BCUT2D eigenvalue weighted by atomic mass is 16.2. The minimum Gasteiger partial charge on any atom is -0.326 e. The SMILES string of the molecule is CCCC1NC(CCC)N(CC2CCCC2)C1=O. The molecule has 0 aromatic carbocycles. The van der Waals surface area contributed by atoms with Crippen molar-refractivity contribution in [1.29, 1.82) is 0 Å². The summed E-state index contributed by atoms with van der Waals surface area (Å²) >= 11 is 0. The Kier molecular flexibility index (Phi) is 5.04. The molecule has 18 heavy (non-hydrogen) atoms. The Morgan fingerprint density at radius 1 is 1.17 bits per heavy atom. The number of hydrogen-bond acceptors (Lipinski definition) is 2. The highest BCUT2D eigenvalue weighted by molar-refractivity contribution is 5.84. The molecular weight excluding hydrogens is 224 g/mol. The van der Waals surface area contributed by atoms with Crippen LogP contribution in [0.2, 0.25) is 0 Å². The Morgan fingerprint density at radius 2 is 1.83 bits per heavy atom. The average molecular weight is 252 g/mol. The molecule has 2 aliphatic rings. The lowest BCUT2D eigenvalue weighted by Gasteiger charge is -2.26. The predicted octanol–water partition coefficient (Wildman–Crippen LogP) is 2.90. The molecule has 0 bridgehead atoms. The highest BCUT2D eigenvalue weighted by Gasteiger charge is 2.38. The molecule has 104 valence electrons. The number of nitrogens with one attached hydrogen (secondary N) is 1. The molecule has 2 unspecified atom stereocenters. The van der Waals surface area contributed by atoms with Gasteiger partial charge in [-0.3, -0.25) is 10.1 Å². The minimum absolute atomic E-state index is 0.0907. The Labute approximate surface area is 111 Å². The first-order chi connectivity index (χ1) is 8.76. The van der Waals surface area contributed by atoms with Crippen LogP contribution in [0.3, 0.4) is 0 Å². The fraction of sp³-hybridized carbons (Fsp3) is 0.933. The lowest BCUT2D eigenvalue weighted by molar-refractivity contribution is -0.130. The summed E-state index contributed by atoms with van der Waals surface area (Å²) in [5.74, 6) is 1.12. The second-order valence-corrected chi connectivity index (χ2v) is 5.95. The van der Waals surface area contributed by atoms with Crippen LogP contribution in [-0.2, 0) is 4.79 Å². The van der Waals surface area contributed by atoms with Crippen molar-refractivity contribution in [2.45, 2.75) is 77.4 Å². The van der Waals surface area contributed by atoms with E-state index in [-0.39, 0.29) is 6.04 Å². The molecule has 3 nitrogen and oxygen atoms in total. The lowest BCUT2D eigenvalue weighted by Crippen LogP contribution is -2.39. The molecule has 3 heteroatoms. The first-order valence-electron chi connectivity index (χ1n) is 7.82. The van der Waals surface area contributed by atoms with Crippen molar-refractivity contribution in [3.05, 3.63) is 0 Å². The number of hydrogen-bond donors (Lipinski definition) is 1. The van der Waals surface area contributed by atoms with Gasteiger partial charge in [0.05, 0.1) is 12.2 Å². The molecule has 1 aliphatic carbocycles. The van der Waals surface area contributed by atoms with Gasteiger partial charge in [0.1, 0.15) is 0 Å². The van der Waals surface area contributed by atoms with E-state index in [9.17, 15) is 4.79 Å². The van der Waals surface area contributed by atoms with Crippen LogP contribution in [0.25, 0.3) is 0 Å². The zero-order valence-electron chi connectivity index (χ0n) is 12.0. The van der Waals surface area contributed by atoms with E-state index in [4.69, 9.17) is 0 Å². The van der Waals surface area contributed by atoms with E-state index < -0.39 is 0 Å². The molecule has 2 fully saturated rings. The normalized spacial score (nSPS) is 29.4. The summed E-state index contributed by atoms with van der Waals surface area (Å²) in [5, 5.41) is 3.54. The van der Waals surface area contributed by atoms with Gasteiger partial charge in [-0.15, -0.1) is 0 Å². The first kappa shape index (κ1) is 13.9. The minimum atomic E-state index is 0.0907. The second kappa shape index (κ2) is 6.55. The van der Waals surface area contributed by atoms with E-state index in [1.54, 1.807) is 0 Å². The van der Waals surface area contributed by atoms with Gasteiger partial charge < -0.3 is 4.90 Å². The van der Waals surface area contributed by atoms with Crippen LogP contribution in [0, 0.1) is 5.92 Å². The molecule has 2 atom stereocenters. The Hall–Kier alpha value is -0.570. The average Bonchev–Trinajstić information content (AvgIpc) is 2.95. The molecule has 0 radical (unpaired) electrons. The van der Waals surface area contributed by atoms with Gasteiger partial charge >= 0.3 is 0 Å². The van der Waals surface area contributed by atoms with Gasteiger partial charge in [-0.2, -0.15) is 0 Å². The molecule has 1 heterocycles. The maximum Gasteiger partial charge on any atom is 0.241 e. The van der Waals surface area contributed by atoms with Gasteiger partial charge in [0.2, 0.25) is 5.91 Å². The molecule has 1 amide bonds. The molecule has 0 spiro atoms. The van der Waals surface area contributed by atoms with Gasteiger partial charge in [0, 0.05) is 6.54 Å². The molecule has 2 rings (SSSR count). The molecule has 1 aliphatic heterocycles. The zero-order valence-corrected chi connectivity index (χ0v) is 12.0. The summed E-state index contributed by atoms with van der Waals surface area (Å²) in [6, 6.07) is 0.0907. The van der Waals surface area contributed by atoms with Crippen molar-refractivity contribution in [2.24, 2.45) is 5.92 Å². The first-order valence-corrected chi connectivity index (χ1v) is 7.82. The van der Waals surface area contributed by atoms with Gasteiger partial charge in [0.25, 0.3) is 0 Å². The fourth-order valence-corrected chi connectivity index (χ4v) is 3.44. The van der Waals surface area contributed by atoms with Gasteiger partial charge in [-0.1, -0.05) is 39.5 Å². The third-order valence-corrected chi connectivity index (χ3v) is 4.42. The van der Waals surface area contributed by atoms with Crippen LogP contribution >= 0.6 is 0 Å². The van der Waals surface area contributed by atoms with E-state index >= 15 is 0 Å². The van der Waals surface area contributed by atoms with Crippen LogP contribution in [0.15, 0.2) is 0 Å². The lowest BCUT2D eigenvalue weighted by atomic mass is 10.1. The van der Waals surface area contributed by atoms with Crippen LogP contribution in [-0.4, -0.2) is 29.6 Å². The number of nitrogens with zero attached hydrogens (tertiary/aromatic N) is 1. The predicted molar refractivity (Wildman–Crippen MR) is 74.2 cm³/mol. The number of rotatable bonds is 6. The van der Waals surface area contributed by atoms with Crippen molar-refractivity contribution in [2.75, 3.05) is 6.54 Å². The maximum absolute atomic E-state index is 12.4. The van der Waals surface area contributed by atoms with Crippen molar-refractivity contribution in [3.8, 4) is 0 Å². The summed E-state index contributed by atoms with van der Waals surface area (Å²) in [6.07, 6.45) is 9.97. The van der Waals surface area contributed by atoms with Crippen molar-refractivity contribution < 1.29 is 4.79 Å². The molecule has 1 saturated carbocycles. The van der Waals surface area contributed by atoms with Crippen molar-refractivity contribution >= 4 is 5.91 Å². The van der Waals surface area contributed by atoms with Crippen LogP contribution in [0.1, 0.15) is 65.2 Å². The molecule has 0 aromatic rings. The van der Waals surface area contributed by atoms with Crippen LogP contribution in [0.4, 0.5) is 0 Å². The molecular formula is C15H28N2O. The second-order valence-electron chi connectivity index (χ2n) is 5.95. The van der Waals surface area contributed by atoms with E-state index in [1.807, 2.05) is 0 Å².